The van der Waals surface area contributed by atoms with E-state index in [1.807, 2.05) is 55.5 Å². The molecule has 0 aromatic heterocycles. The zero-order valence-corrected chi connectivity index (χ0v) is 20.6. The second kappa shape index (κ2) is 11.4. The monoisotopic (exact) mass is 479 g/mol. The van der Waals surface area contributed by atoms with Gasteiger partial charge in [-0.15, -0.1) is 0 Å². The van der Waals surface area contributed by atoms with Crippen molar-refractivity contribution < 1.29 is 23.8 Å². The molecule has 35 heavy (non-hydrogen) atoms. The molecule has 8 nitrogen and oxygen atoms in total. The Balaban J connectivity index is 1.49. The van der Waals surface area contributed by atoms with Crippen LogP contribution in [0.3, 0.4) is 0 Å². The van der Waals surface area contributed by atoms with E-state index in [1.165, 1.54) is 0 Å². The van der Waals surface area contributed by atoms with Gasteiger partial charge in [0.2, 0.25) is 0 Å². The first-order valence-electron chi connectivity index (χ1n) is 12.1. The molecule has 1 amide bonds. The van der Waals surface area contributed by atoms with Crippen LogP contribution >= 0.6 is 0 Å². The summed E-state index contributed by atoms with van der Waals surface area (Å²) in [5.74, 6) is 1.28. The third-order valence-electron chi connectivity index (χ3n) is 6.66. The van der Waals surface area contributed by atoms with Crippen LogP contribution in [0.5, 0.6) is 11.5 Å². The van der Waals surface area contributed by atoms with Crippen LogP contribution in [0, 0.1) is 5.92 Å². The second-order valence-corrected chi connectivity index (χ2v) is 8.81. The number of amides is 1. The number of benzene rings is 2. The summed E-state index contributed by atoms with van der Waals surface area (Å²) in [5, 5.41) is 6.40. The number of hydrogen-bond acceptors (Lipinski definition) is 7. The van der Waals surface area contributed by atoms with Gasteiger partial charge in [0, 0.05) is 6.42 Å². The van der Waals surface area contributed by atoms with Gasteiger partial charge in [0.25, 0.3) is 5.91 Å². The number of carbonyl (C=O) groups is 2. The van der Waals surface area contributed by atoms with Crippen molar-refractivity contribution in [3.8, 4) is 11.5 Å². The SMILES string of the molecule is CCOC(=O)C1CCN(CC(=O)N2N=C(c3ccc(OC)cc3)CC2c2ccc(OC)cc2)CC1. The van der Waals surface area contributed by atoms with Gasteiger partial charge in [-0.05, 0) is 80.4 Å². The molecule has 0 saturated carbocycles. The average molecular weight is 480 g/mol. The minimum Gasteiger partial charge on any atom is -0.497 e. The Morgan fingerprint density at radius 3 is 2.11 bits per heavy atom. The van der Waals surface area contributed by atoms with E-state index in [4.69, 9.17) is 19.3 Å². The van der Waals surface area contributed by atoms with E-state index >= 15 is 0 Å². The average Bonchev–Trinajstić information content (AvgIpc) is 3.35. The van der Waals surface area contributed by atoms with Crippen LogP contribution in [0.2, 0.25) is 0 Å². The van der Waals surface area contributed by atoms with Gasteiger partial charge in [0.05, 0.1) is 45.0 Å². The summed E-state index contributed by atoms with van der Waals surface area (Å²) in [4.78, 5) is 27.6. The van der Waals surface area contributed by atoms with Crippen LogP contribution in [-0.2, 0) is 14.3 Å². The standard InChI is InChI=1S/C27H33N3O5/c1-4-35-27(32)21-13-15-29(16-14-21)18-26(31)30-25(20-7-11-23(34-3)12-8-20)17-24(28-30)19-5-9-22(33-2)10-6-19/h5-12,21,25H,4,13-18H2,1-3H3. The maximum atomic E-state index is 13.5. The molecule has 1 fully saturated rings. The summed E-state index contributed by atoms with van der Waals surface area (Å²) >= 11 is 0. The molecule has 1 saturated heterocycles. The minimum absolute atomic E-state index is 0.0519. The van der Waals surface area contributed by atoms with Crippen molar-refractivity contribution in [1.82, 2.24) is 9.91 Å². The van der Waals surface area contributed by atoms with Crippen LogP contribution in [0.25, 0.3) is 0 Å². The van der Waals surface area contributed by atoms with E-state index in [0.717, 1.165) is 28.3 Å². The maximum absolute atomic E-state index is 13.5. The van der Waals surface area contributed by atoms with Crippen LogP contribution < -0.4 is 9.47 Å². The maximum Gasteiger partial charge on any atom is 0.309 e. The number of esters is 1. The van der Waals surface area contributed by atoms with Crippen LogP contribution in [0.1, 0.15) is 43.4 Å². The molecule has 2 aromatic rings. The summed E-state index contributed by atoms with van der Waals surface area (Å²) in [6.45, 7) is 3.85. The number of methoxy groups -OCH3 is 2. The number of hydrazone groups is 1. The molecule has 0 spiro atoms. The summed E-state index contributed by atoms with van der Waals surface area (Å²) in [5.41, 5.74) is 2.84. The number of likely N-dealkylation sites (tertiary alicyclic amines) is 1. The third-order valence-corrected chi connectivity index (χ3v) is 6.66. The molecule has 2 heterocycles. The number of hydrogen-bond donors (Lipinski definition) is 0. The zero-order valence-electron chi connectivity index (χ0n) is 20.6. The first-order chi connectivity index (χ1) is 17.0. The molecule has 0 bridgehead atoms. The van der Waals surface area contributed by atoms with Crippen molar-refractivity contribution in [3.05, 3.63) is 59.7 Å². The predicted molar refractivity (Wildman–Crippen MR) is 133 cm³/mol. The highest BCUT2D eigenvalue weighted by atomic mass is 16.5. The molecular formula is C27H33N3O5. The quantitative estimate of drug-likeness (QED) is 0.538. The highest BCUT2D eigenvalue weighted by molar-refractivity contribution is 6.03. The van der Waals surface area contributed by atoms with Crippen molar-refractivity contribution in [2.24, 2.45) is 11.0 Å². The fraction of sp³-hybridized carbons (Fsp3) is 0.444. The first kappa shape index (κ1) is 24.7. The lowest BCUT2D eigenvalue weighted by molar-refractivity contribution is -0.149. The Morgan fingerprint density at radius 2 is 1.54 bits per heavy atom. The first-order valence-corrected chi connectivity index (χ1v) is 12.1. The fourth-order valence-electron chi connectivity index (χ4n) is 4.63. The number of piperidine rings is 1. The van der Waals surface area contributed by atoms with Gasteiger partial charge < -0.3 is 14.2 Å². The molecule has 1 unspecified atom stereocenters. The Hall–Kier alpha value is -3.39. The lowest BCUT2D eigenvalue weighted by Gasteiger charge is -2.32. The summed E-state index contributed by atoms with van der Waals surface area (Å²) < 4.78 is 15.7. The molecular weight excluding hydrogens is 446 g/mol. The van der Waals surface area contributed by atoms with Gasteiger partial charge in [-0.2, -0.15) is 5.10 Å². The Morgan fingerprint density at radius 1 is 0.943 bits per heavy atom. The second-order valence-electron chi connectivity index (χ2n) is 8.81. The largest absolute Gasteiger partial charge is 0.497 e. The minimum atomic E-state index is -0.192. The number of ether oxygens (including phenoxy) is 3. The molecule has 4 rings (SSSR count). The molecule has 2 aliphatic heterocycles. The van der Waals surface area contributed by atoms with Crippen molar-refractivity contribution in [1.29, 1.82) is 0 Å². The lowest BCUT2D eigenvalue weighted by atomic mass is 9.97. The number of rotatable bonds is 8. The zero-order chi connectivity index (χ0) is 24.8. The molecule has 0 radical (unpaired) electrons. The summed E-state index contributed by atoms with van der Waals surface area (Å²) in [7, 11) is 3.27. The van der Waals surface area contributed by atoms with Gasteiger partial charge >= 0.3 is 5.97 Å². The van der Waals surface area contributed by atoms with Crippen LogP contribution in [0.15, 0.2) is 53.6 Å². The topological polar surface area (TPSA) is 80.7 Å². The molecule has 8 heteroatoms. The van der Waals surface area contributed by atoms with E-state index in [2.05, 4.69) is 4.90 Å². The normalized spacial score (nSPS) is 18.8. The van der Waals surface area contributed by atoms with Gasteiger partial charge in [-0.1, -0.05) is 12.1 Å². The Kier molecular flexibility index (Phi) is 8.02. The summed E-state index contributed by atoms with van der Waals surface area (Å²) in [6.07, 6.45) is 2.03. The third kappa shape index (κ3) is 5.82. The van der Waals surface area contributed by atoms with Gasteiger partial charge in [-0.3, -0.25) is 14.5 Å². The molecule has 1 atom stereocenters. The van der Waals surface area contributed by atoms with Crippen molar-refractivity contribution in [3.63, 3.8) is 0 Å². The van der Waals surface area contributed by atoms with E-state index in [0.29, 0.717) is 39.0 Å². The molecule has 2 aliphatic rings. The lowest BCUT2D eigenvalue weighted by Crippen LogP contribution is -2.43. The van der Waals surface area contributed by atoms with Gasteiger partial charge in [-0.25, -0.2) is 5.01 Å². The molecule has 2 aromatic carbocycles. The van der Waals surface area contributed by atoms with Gasteiger partial charge in [0.1, 0.15) is 11.5 Å². The highest BCUT2D eigenvalue weighted by Crippen LogP contribution is 2.34. The molecule has 0 aliphatic carbocycles. The van der Waals surface area contributed by atoms with E-state index in [1.54, 1.807) is 19.2 Å². The van der Waals surface area contributed by atoms with Crippen molar-refractivity contribution >= 4 is 17.6 Å². The van der Waals surface area contributed by atoms with Crippen molar-refractivity contribution in [2.75, 3.05) is 40.5 Å². The predicted octanol–water partition coefficient (Wildman–Crippen LogP) is 3.66. The van der Waals surface area contributed by atoms with Crippen LogP contribution in [-0.4, -0.2) is 68.0 Å². The van der Waals surface area contributed by atoms with Crippen molar-refractivity contribution in [2.45, 2.75) is 32.2 Å². The smallest absolute Gasteiger partial charge is 0.309 e. The fourth-order valence-corrected chi connectivity index (χ4v) is 4.63. The molecule has 0 N–H and O–H groups in total. The highest BCUT2D eigenvalue weighted by Gasteiger charge is 2.35. The number of nitrogens with zero attached hydrogens (tertiary/aromatic N) is 3. The van der Waals surface area contributed by atoms with E-state index in [9.17, 15) is 9.59 Å². The van der Waals surface area contributed by atoms with E-state index in [-0.39, 0.29) is 30.4 Å². The number of carbonyl (C=O) groups excluding carboxylic acids is 2. The van der Waals surface area contributed by atoms with E-state index < -0.39 is 0 Å². The van der Waals surface area contributed by atoms with Crippen LogP contribution in [0.4, 0.5) is 0 Å². The molecule has 186 valence electrons. The Labute approximate surface area is 206 Å². The van der Waals surface area contributed by atoms with Gasteiger partial charge in [0.15, 0.2) is 0 Å². The summed E-state index contributed by atoms with van der Waals surface area (Å²) in [6, 6.07) is 15.3. The Bertz CT molecular complexity index is 1040.